The molecule has 0 spiro atoms. The number of nitrogens with one attached hydrogen (secondary N) is 2. The van der Waals surface area contributed by atoms with E-state index in [9.17, 15) is 4.79 Å². The number of hydrogen-bond donors (Lipinski definition) is 2. The number of hydrogen-bond acceptors (Lipinski definition) is 6. The quantitative estimate of drug-likeness (QED) is 0.368. The summed E-state index contributed by atoms with van der Waals surface area (Å²) >= 11 is 1.63. The minimum atomic E-state index is -0.408. The second-order valence-electron chi connectivity index (χ2n) is 7.52. The van der Waals surface area contributed by atoms with Crippen molar-refractivity contribution in [3.05, 3.63) is 71.4 Å². The lowest BCUT2D eigenvalue weighted by molar-refractivity contribution is -0.113. The number of fused-ring (bicyclic) bond motifs is 1. The third-order valence-electron chi connectivity index (χ3n) is 5.27. The average molecular weight is 450 g/mol. The van der Waals surface area contributed by atoms with E-state index in [2.05, 4.69) is 22.5 Å². The van der Waals surface area contributed by atoms with Gasteiger partial charge in [0.15, 0.2) is 0 Å². The first-order valence-electron chi connectivity index (χ1n) is 10.7. The van der Waals surface area contributed by atoms with Crippen LogP contribution >= 0.6 is 11.8 Å². The fourth-order valence-corrected chi connectivity index (χ4v) is 4.52. The van der Waals surface area contributed by atoms with E-state index in [1.54, 1.807) is 18.9 Å². The molecule has 2 aromatic carbocycles. The zero-order chi connectivity index (χ0) is 22.5. The molecule has 1 aliphatic heterocycles. The molecule has 1 aromatic heterocycles. The molecule has 7 nitrogen and oxygen atoms in total. The van der Waals surface area contributed by atoms with Crippen molar-refractivity contribution in [3.63, 3.8) is 0 Å². The van der Waals surface area contributed by atoms with Gasteiger partial charge in [0.1, 0.15) is 11.8 Å². The van der Waals surface area contributed by atoms with Crippen LogP contribution in [0.3, 0.4) is 0 Å². The number of methoxy groups -OCH3 is 1. The molecule has 4 rings (SSSR count). The highest BCUT2D eigenvalue weighted by Crippen LogP contribution is 2.37. The Kier molecular flexibility index (Phi) is 6.80. The summed E-state index contributed by atoms with van der Waals surface area (Å²) in [5, 5.41) is 11.8. The van der Waals surface area contributed by atoms with Crippen LogP contribution in [0.25, 0.3) is 0 Å². The number of thioether (sulfide) groups is 1. The van der Waals surface area contributed by atoms with E-state index in [-0.39, 0.29) is 5.91 Å². The summed E-state index contributed by atoms with van der Waals surface area (Å²) in [6, 6.07) is 16.8. The first-order chi connectivity index (χ1) is 15.6. The monoisotopic (exact) mass is 449 g/mol. The van der Waals surface area contributed by atoms with Crippen LogP contribution in [-0.2, 0) is 4.79 Å². The van der Waals surface area contributed by atoms with E-state index >= 15 is 0 Å². The van der Waals surface area contributed by atoms with Gasteiger partial charge in [-0.25, -0.2) is 4.68 Å². The number of unbranched alkanes of at least 4 members (excludes halogenated alkanes) is 1. The van der Waals surface area contributed by atoms with Gasteiger partial charge in [-0.1, -0.05) is 55.4 Å². The zero-order valence-electron chi connectivity index (χ0n) is 18.5. The second kappa shape index (κ2) is 9.91. The van der Waals surface area contributed by atoms with Crippen molar-refractivity contribution >= 4 is 29.3 Å². The van der Waals surface area contributed by atoms with Gasteiger partial charge in [0.05, 0.1) is 12.7 Å². The Hall–Kier alpha value is -3.26. The van der Waals surface area contributed by atoms with Crippen molar-refractivity contribution in [3.8, 4) is 5.75 Å². The molecule has 1 amide bonds. The smallest absolute Gasteiger partial charge is 0.255 e. The first kappa shape index (κ1) is 22.0. The van der Waals surface area contributed by atoms with Gasteiger partial charge in [-0.2, -0.15) is 4.98 Å². The molecule has 2 N–H and O–H groups in total. The highest BCUT2D eigenvalue weighted by Gasteiger charge is 2.34. The van der Waals surface area contributed by atoms with E-state index in [0.29, 0.717) is 16.7 Å². The van der Waals surface area contributed by atoms with Gasteiger partial charge in [-0.3, -0.25) is 4.79 Å². The molecule has 166 valence electrons. The Morgan fingerprint density at radius 2 is 1.94 bits per heavy atom. The minimum Gasteiger partial charge on any atom is -0.497 e. The molecule has 0 radical (unpaired) electrons. The molecule has 0 saturated heterocycles. The number of allylic oxidation sites excluding steroid dienone is 1. The maximum absolute atomic E-state index is 13.4. The Balaban J connectivity index is 1.72. The van der Waals surface area contributed by atoms with Crippen molar-refractivity contribution < 1.29 is 9.53 Å². The van der Waals surface area contributed by atoms with E-state index in [4.69, 9.17) is 9.84 Å². The molecule has 1 atom stereocenters. The highest BCUT2D eigenvalue weighted by molar-refractivity contribution is 7.99. The van der Waals surface area contributed by atoms with Crippen molar-refractivity contribution in [2.45, 2.75) is 37.9 Å². The fraction of sp³-hybridized carbons (Fsp3) is 0.292. The van der Waals surface area contributed by atoms with Crippen LogP contribution in [0.5, 0.6) is 5.75 Å². The van der Waals surface area contributed by atoms with Crippen LogP contribution in [0.15, 0.2) is 71.0 Å². The van der Waals surface area contributed by atoms with Gasteiger partial charge in [0.2, 0.25) is 11.1 Å². The maximum Gasteiger partial charge on any atom is 0.255 e. The normalized spacial score (nSPS) is 15.2. The number of amides is 1. The van der Waals surface area contributed by atoms with Gasteiger partial charge in [0.25, 0.3) is 5.91 Å². The Morgan fingerprint density at radius 3 is 2.62 bits per heavy atom. The number of benzene rings is 2. The topological polar surface area (TPSA) is 81.1 Å². The van der Waals surface area contributed by atoms with Crippen molar-refractivity contribution in [2.24, 2.45) is 0 Å². The summed E-state index contributed by atoms with van der Waals surface area (Å²) in [5.41, 5.74) is 3.03. The molecule has 0 bridgehead atoms. The molecule has 0 aliphatic carbocycles. The van der Waals surface area contributed by atoms with Crippen molar-refractivity contribution in [1.29, 1.82) is 0 Å². The highest BCUT2D eigenvalue weighted by atomic mass is 32.2. The third kappa shape index (κ3) is 4.65. The number of aromatic nitrogens is 3. The van der Waals surface area contributed by atoms with E-state index in [1.807, 2.05) is 66.2 Å². The maximum atomic E-state index is 13.4. The predicted octanol–water partition coefficient (Wildman–Crippen LogP) is 5.11. The molecule has 0 fully saturated rings. The van der Waals surface area contributed by atoms with Crippen LogP contribution in [0.4, 0.5) is 11.6 Å². The lowest BCUT2D eigenvalue weighted by atomic mass is 9.95. The second-order valence-corrected chi connectivity index (χ2v) is 8.59. The van der Waals surface area contributed by atoms with Gasteiger partial charge in [0, 0.05) is 17.1 Å². The first-order valence-corrected chi connectivity index (χ1v) is 11.7. The van der Waals surface area contributed by atoms with E-state index in [1.165, 1.54) is 0 Å². The summed E-state index contributed by atoms with van der Waals surface area (Å²) in [7, 11) is 1.64. The third-order valence-corrected chi connectivity index (χ3v) is 6.19. The van der Waals surface area contributed by atoms with E-state index in [0.717, 1.165) is 41.3 Å². The molecule has 32 heavy (non-hydrogen) atoms. The Bertz CT molecular complexity index is 1110. The van der Waals surface area contributed by atoms with Gasteiger partial charge >= 0.3 is 0 Å². The standard InChI is InChI=1S/C24H27N5O2S/c1-4-5-15-32-24-27-23-25-16(2)20(22(30)26-18-9-7-6-8-10-18)21(29(23)28-24)17-11-13-19(31-3)14-12-17/h6-14,21H,4-5,15H2,1-3H3,(H,26,30)(H,25,27,28). The molecule has 0 saturated carbocycles. The molecule has 1 unspecified atom stereocenters. The van der Waals surface area contributed by atoms with Gasteiger partial charge < -0.3 is 15.4 Å². The van der Waals surface area contributed by atoms with Crippen LogP contribution in [0, 0.1) is 0 Å². The summed E-state index contributed by atoms with van der Waals surface area (Å²) in [4.78, 5) is 18.1. The Labute approximate surface area is 192 Å². The van der Waals surface area contributed by atoms with Crippen LogP contribution in [-0.4, -0.2) is 33.5 Å². The molecule has 8 heteroatoms. The summed E-state index contributed by atoms with van der Waals surface area (Å²) < 4.78 is 7.13. The molecular formula is C24H27N5O2S. The van der Waals surface area contributed by atoms with E-state index < -0.39 is 6.04 Å². The summed E-state index contributed by atoms with van der Waals surface area (Å²) in [6.07, 6.45) is 2.23. The lowest BCUT2D eigenvalue weighted by Crippen LogP contribution is -2.31. The summed E-state index contributed by atoms with van der Waals surface area (Å²) in [6.45, 7) is 4.07. The fourth-order valence-electron chi connectivity index (χ4n) is 3.61. The van der Waals surface area contributed by atoms with Crippen molar-refractivity contribution in [2.75, 3.05) is 23.5 Å². The minimum absolute atomic E-state index is 0.177. The average Bonchev–Trinajstić information content (AvgIpc) is 3.21. The predicted molar refractivity (Wildman–Crippen MR) is 128 cm³/mol. The Morgan fingerprint density at radius 1 is 1.19 bits per heavy atom. The number of anilines is 2. The van der Waals surface area contributed by atoms with Gasteiger partial charge in [-0.05, 0) is 43.2 Å². The number of nitrogens with zero attached hydrogens (tertiary/aromatic N) is 3. The largest absolute Gasteiger partial charge is 0.497 e. The number of para-hydroxylation sites is 1. The summed E-state index contributed by atoms with van der Waals surface area (Å²) in [5.74, 6) is 2.18. The van der Waals surface area contributed by atoms with Crippen LogP contribution in [0.2, 0.25) is 0 Å². The zero-order valence-corrected chi connectivity index (χ0v) is 19.3. The van der Waals surface area contributed by atoms with Crippen LogP contribution in [0.1, 0.15) is 38.3 Å². The molecule has 1 aliphatic rings. The molecule has 3 aromatic rings. The number of ether oxygens (including phenoxy) is 1. The number of rotatable bonds is 8. The van der Waals surface area contributed by atoms with Crippen molar-refractivity contribution in [1.82, 2.24) is 14.8 Å². The molecule has 2 heterocycles. The van der Waals surface area contributed by atoms with Gasteiger partial charge in [-0.15, -0.1) is 5.10 Å². The molecular weight excluding hydrogens is 422 g/mol. The lowest BCUT2D eigenvalue weighted by Gasteiger charge is -2.28. The SMILES string of the molecule is CCCCSc1nc2n(n1)C(c1ccc(OC)cc1)C(C(=O)Nc1ccccc1)=C(C)N2. The number of carbonyl (C=O) groups is 1. The number of carbonyl (C=O) groups excluding carboxylic acids is 1. The van der Waals surface area contributed by atoms with Crippen LogP contribution < -0.4 is 15.4 Å².